The third-order valence-corrected chi connectivity index (χ3v) is 6.11. The van der Waals surface area contributed by atoms with E-state index in [1.807, 2.05) is 31.2 Å². The number of sulfone groups is 1. The third kappa shape index (κ3) is 3.55. The molecule has 28 heavy (non-hydrogen) atoms. The molecule has 144 valence electrons. The Morgan fingerprint density at radius 2 is 1.86 bits per heavy atom. The molecule has 0 radical (unpaired) electrons. The average Bonchev–Trinajstić information content (AvgIpc) is 3.10. The highest BCUT2D eigenvalue weighted by Crippen LogP contribution is 2.33. The molecule has 0 spiro atoms. The molecular formula is C20H18FN3O3S. The van der Waals surface area contributed by atoms with Crippen LogP contribution in [0.2, 0.25) is 0 Å². The van der Waals surface area contributed by atoms with Gasteiger partial charge in [-0.1, -0.05) is 30.3 Å². The molecule has 0 atom stereocenters. The van der Waals surface area contributed by atoms with Crippen LogP contribution in [0.5, 0.6) is 0 Å². The van der Waals surface area contributed by atoms with Gasteiger partial charge in [0.15, 0.2) is 9.84 Å². The molecule has 8 heteroatoms. The molecule has 1 aliphatic rings. The Morgan fingerprint density at radius 3 is 2.57 bits per heavy atom. The summed E-state index contributed by atoms with van der Waals surface area (Å²) < 4.78 is 38.7. The number of rotatable bonds is 4. The van der Waals surface area contributed by atoms with Gasteiger partial charge in [0.2, 0.25) is 5.91 Å². The molecule has 2 heterocycles. The van der Waals surface area contributed by atoms with Crippen LogP contribution in [0.1, 0.15) is 22.4 Å². The molecule has 0 saturated carbocycles. The second kappa shape index (κ2) is 6.87. The van der Waals surface area contributed by atoms with Crippen molar-refractivity contribution < 1.29 is 17.6 Å². The zero-order chi connectivity index (χ0) is 19.9. The largest absolute Gasteiger partial charge is 0.310 e. The normalized spacial score (nSPS) is 14.6. The lowest BCUT2D eigenvalue weighted by Gasteiger charge is -2.13. The van der Waals surface area contributed by atoms with E-state index in [0.29, 0.717) is 22.6 Å². The zero-order valence-electron chi connectivity index (χ0n) is 15.1. The molecule has 1 N–H and O–H groups in total. The highest BCUT2D eigenvalue weighted by atomic mass is 32.2. The van der Waals surface area contributed by atoms with Crippen LogP contribution in [0.4, 0.5) is 10.2 Å². The van der Waals surface area contributed by atoms with Crippen molar-refractivity contribution >= 4 is 21.6 Å². The standard InChI is InChI=1S/C20H18FN3O3S/c1-13-4-2-3-5-18(13)24-20(16-11-28(26,27)12-17(16)23-24)22-19(25)10-14-6-8-15(21)9-7-14/h2-9H,10-12H2,1H3,(H,22,25). The summed E-state index contributed by atoms with van der Waals surface area (Å²) in [7, 11) is -3.26. The van der Waals surface area contributed by atoms with Crippen LogP contribution < -0.4 is 5.32 Å². The number of para-hydroxylation sites is 1. The third-order valence-electron chi connectivity index (χ3n) is 4.67. The number of nitrogens with one attached hydrogen (secondary N) is 1. The Kier molecular flexibility index (Phi) is 4.50. The molecule has 0 bridgehead atoms. The predicted octanol–water partition coefficient (Wildman–Crippen LogP) is 2.93. The summed E-state index contributed by atoms with van der Waals surface area (Å²) in [6, 6.07) is 13.2. The van der Waals surface area contributed by atoms with Gasteiger partial charge in [-0.25, -0.2) is 17.5 Å². The fourth-order valence-corrected chi connectivity index (χ4v) is 4.80. The van der Waals surface area contributed by atoms with E-state index in [4.69, 9.17) is 0 Å². The molecule has 0 aliphatic carbocycles. The van der Waals surface area contributed by atoms with E-state index in [-0.39, 0.29) is 29.7 Å². The summed E-state index contributed by atoms with van der Waals surface area (Å²) in [5, 5.41) is 7.28. The van der Waals surface area contributed by atoms with Gasteiger partial charge >= 0.3 is 0 Å². The number of aromatic nitrogens is 2. The minimum absolute atomic E-state index is 0.0424. The van der Waals surface area contributed by atoms with Gasteiger partial charge in [0.25, 0.3) is 0 Å². The van der Waals surface area contributed by atoms with Crippen molar-refractivity contribution in [3.05, 3.63) is 76.7 Å². The molecule has 6 nitrogen and oxygen atoms in total. The Balaban J connectivity index is 1.70. The molecule has 2 aromatic carbocycles. The summed E-state index contributed by atoms with van der Waals surface area (Å²) >= 11 is 0. The van der Waals surface area contributed by atoms with E-state index in [2.05, 4.69) is 10.4 Å². The lowest BCUT2D eigenvalue weighted by molar-refractivity contribution is -0.115. The molecule has 4 rings (SSSR count). The maximum Gasteiger partial charge on any atom is 0.229 e. The monoisotopic (exact) mass is 399 g/mol. The summed E-state index contributed by atoms with van der Waals surface area (Å²) in [5.74, 6) is -0.613. The fraction of sp³-hybridized carbons (Fsp3) is 0.200. The molecule has 0 fully saturated rings. The van der Waals surface area contributed by atoms with Gasteiger partial charge < -0.3 is 5.32 Å². The van der Waals surface area contributed by atoms with Crippen LogP contribution in [0.15, 0.2) is 48.5 Å². The molecule has 0 saturated heterocycles. The number of amides is 1. The van der Waals surface area contributed by atoms with Crippen LogP contribution in [0.25, 0.3) is 5.69 Å². The second-order valence-electron chi connectivity index (χ2n) is 6.86. The smallest absolute Gasteiger partial charge is 0.229 e. The van der Waals surface area contributed by atoms with E-state index in [1.54, 1.807) is 16.8 Å². The van der Waals surface area contributed by atoms with Crippen molar-refractivity contribution in [2.75, 3.05) is 5.32 Å². The van der Waals surface area contributed by atoms with Crippen molar-refractivity contribution in [3.63, 3.8) is 0 Å². The van der Waals surface area contributed by atoms with Crippen molar-refractivity contribution in [1.82, 2.24) is 9.78 Å². The number of aryl methyl sites for hydroxylation is 1. The minimum Gasteiger partial charge on any atom is -0.310 e. The minimum atomic E-state index is -3.26. The van der Waals surface area contributed by atoms with Crippen LogP contribution in [0.3, 0.4) is 0 Å². The Morgan fingerprint density at radius 1 is 1.14 bits per heavy atom. The van der Waals surface area contributed by atoms with E-state index in [9.17, 15) is 17.6 Å². The van der Waals surface area contributed by atoms with Gasteiger partial charge in [-0.3, -0.25) is 4.79 Å². The van der Waals surface area contributed by atoms with Gasteiger partial charge in [-0.2, -0.15) is 5.10 Å². The first kappa shape index (κ1) is 18.4. The molecule has 1 aliphatic heterocycles. The van der Waals surface area contributed by atoms with Crippen LogP contribution in [-0.4, -0.2) is 24.1 Å². The van der Waals surface area contributed by atoms with Crippen molar-refractivity contribution in [1.29, 1.82) is 0 Å². The lowest BCUT2D eigenvalue weighted by atomic mass is 10.1. The van der Waals surface area contributed by atoms with E-state index >= 15 is 0 Å². The van der Waals surface area contributed by atoms with Gasteiger partial charge in [-0.05, 0) is 36.2 Å². The van der Waals surface area contributed by atoms with E-state index < -0.39 is 9.84 Å². The number of anilines is 1. The first-order valence-corrected chi connectivity index (χ1v) is 10.6. The van der Waals surface area contributed by atoms with Crippen LogP contribution in [0, 0.1) is 12.7 Å². The Labute approximate surface area is 161 Å². The molecule has 3 aromatic rings. The second-order valence-corrected chi connectivity index (χ2v) is 8.92. The Bertz CT molecular complexity index is 1170. The van der Waals surface area contributed by atoms with Gasteiger partial charge in [-0.15, -0.1) is 0 Å². The zero-order valence-corrected chi connectivity index (χ0v) is 16.0. The highest BCUT2D eigenvalue weighted by molar-refractivity contribution is 7.90. The van der Waals surface area contributed by atoms with Crippen LogP contribution in [-0.2, 0) is 32.6 Å². The average molecular weight is 399 g/mol. The van der Waals surface area contributed by atoms with Gasteiger partial charge in [0, 0.05) is 5.56 Å². The Hall–Kier alpha value is -3.00. The molecular weight excluding hydrogens is 381 g/mol. The maximum atomic E-state index is 13.1. The van der Waals surface area contributed by atoms with Gasteiger partial charge in [0.1, 0.15) is 11.6 Å². The number of halogens is 1. The first-order valence-electron chi connectivity index (χ1n) is 8.74. The number of hydrogen-bond donors (Lipinski definition) is 1. The number of benzene rings is 2. The number of hydrogen-bond acceptors (Lipinski definition) is 4. The summed E-state index contributed by atoms with van der Waals surface area (Å²) in [6.07, 6.45) is 0.0424. The quantitative estimate of drug-likeness (QED) is 0.731. The molecule has 0 unspecified atom stereocenters. The number of nitrogens with zero attached hydrogens (tertiary/aromatic N) is 2. The van der Waals surface area contributed by atoms with Crippen molar-refractivity contribution in [3.8, 4) is 5.69 Å². The van der Waals surface area contributed by atoms with Gasteiger partial charge in [0.05, 0.1) is 29.3 Å². The topological polar surface area (TPSA) is 81.1 Å². The fourth-order valence-electron chi connectivity index (χ4n) is 3.31. The number of carbonyl (C=O) groups excluding carboxylic acids is 1. The predicted molar refractivity (Wildman–Crippen MR) is 103 cm³/mol. The number of carbonyl (C=O) groups is 1. The van der Waals surface area contributed by atoms with Crippen LogP contribution >= 0.6 is 0 Å². The summed E-state index contributed by atoms with van der Waals surface area (Å²) in [4.78, 5) is 12.6. The first-order chi connectivity index (χ1) is 13.3. The summed E-state index contributed by atoms with van der Waals surface area (Å²) in [6.45, 7) is 1.92. The number of fused-ring (bicyclic) bond motifs is 1. The highest BCUT2D eigenvalue weighted by Gasteiger charge is 2.33. The summed E-state index contributed by atoms with van der Waals surface area (Å²) in [5.41, 5.74) is 3.35. The SMILES string of the molecule is Cc1ccccc1-n1nc2c(c1NC(=O)Cc1ccc(F)cc1)CS(=O)(=O)C2. The van der Waals surface area contributed by atoms with Crippen molar-refractivity contribution in [2.45, 2.75) is 24.9 Å². The van der Waals surface area contributed by atoms with E-state index in [0.717, 1.165) is 11.3 Å². The maximum absolute atomic E-state index is 13.1. The molecule has 1 amide bonds. The van der Waals surface area contributed by atoms with Crippen molar-refractivity contribution in [2.24, 2.45) is 0 Å². The van der Waals surface area contributed by atoms with E-state index in [1.165, 1.54) is 12.1 Å². The molecule has 1 aromatic heterocycles. The lowest BCUT2D eigenvalue weighted by Crippen LogP contribution is -2.19.